The Labute approximate surface area is 166 Å². The molecule has 0 atom stereocenters. The van der Waals surface area contributed by atoms with Crippen molar-refractivity contribution in [3.63, 3.8) is 0 Å². The Morgan fingerprint density at radius 2 is 1.82 bits per heavy atom. The average molecular weight is 374 g/mol. The number of carbonyl (C=O) groups excluding carboxylic acids is 1. The number of hydrogen-bond donors (Lipinski definition) is 0. The van der Waals surface area contributed by atoms with Crippen molar-refractivity contribution in [2.45, 2.75) is 32.7 Å². The lowest BCUT2D eigenvalue weighted by atomic mass is 10.1. The number of piperidine rings is 1. The normalized spacial score (nSPS) is 14.2. The highest BCUT2D eigenvalue weighted by molar-refractivity contribution is 6.00. The molecule has 0 radical (unpaired) electrons. The molecular weight excluding hydrogens is 348 g/mol. The largest absolute Gasteiger partial charge is 0.356 e. The third-order valence-electron chi connectivity index (χ3n) is 5.40. The van der Waals surface area contributed by atoms with Gasteiger partial charge in [-0.3, -0.25) is 4.79 Å². The smallest absolute Gasteiger partial charge is 0.254 e. The predicted octanol–water partition coefficient (Wildman–Crippen LogP) is 4.28. The van der Waals surface area contributed by atoms with Crippen LogP contribution in [-0.2, 0) is 6.54 Å². The van der Waals surface area contributed by atoms with Crippen molar-refractivity contribution in [2.75, 3.05) is 24.5 Å². The van der Waals surface area contributed by atoms with Gasteiger partial charge in [-0.05, 0) is 49.9 Å². The summed E-state index contributed by atoms with van der Waals surface area (Å²) in [5.74, 6) is 0.993. The molecule has 0 aliphatic carbocycles. The number of fused-ring (bicyclic) bond motifs is 1. The topological polar surface area (TPSA) is 49.3 Å². The highest BCUT2D eigenvalue weighted by Crippen LogP contribution is 2.27. The molecule has 4 rings (SSSR count). The summed E-state index contributed by atoms with van der Waals surface area (Å²) in [7, 11) is 0. The third kappa shape index (κ3) is 3.84. The maximum Gasteiger partial charge on any atom is 0.254 e. The fourth-order valence-corrected chi connectivity index (χ4v) is 3.85. The van der Waals surface area contributed by atoms with Crippen LogP contribution in [0.1, 0.15) is 42.1 Å². The summed E-state index contributed by atoms with van der Waals surface area (Å²) >= 11 is 0. The van der Waals surface area contributed by atoms with Crippen LogP contribution in [0.2, 0.25) is 0 Å². The van der Waals surface area contributed by atoms with Crippen LogP contribution in [0.3, 0.4) is 0 Å². The Kier molecular flexibility index (Phi) is 5.51. The Morgan fingerprint density at radius 3 is 2.57 bits per heavy atom. The van der Waals surface area contributed by atoms with Gasteiger partial charge in [0.1, 0.15) is 12.1 Å². The second kappa shape index (κ2) is 8.38. The molecule has 3 aromatic rings. The Bertz CT molecular complexity index is 951. The van der Waals surface area contributed by atoms with E-state index in [1.165, 1.54) is 19.3 Å². The van der Waals surface area contributed by atoms with Gasteiger partial charge in [-0.25, -0.2) is 9.97 Å². The van der Waals surface area contributed by atoms with Gasteiger partial charge in [0, 0.05) is 37.1 Å². The van der Waals surface area contributed by atoms with Crippen molar-refractivity contribution in [2.24, 2.45) is 0 Å². The SMILES string of the molecule is CCN(Cc1ccccc1)C(=O)c1ccc2ncnc(N3CCCCC3)c2c1. The van der Waals surface area contributed by atoms with E-state index >= 15 is 0 Å². The van der Waals surface area contributed by atoms with Gasteiger partial charge >= 0.3 is 0 Å². The summed E-state index contributed by atoms with van der Waals surface area (Å²) in [6.45, 7) is 5.32. The van der Waals surface area contributed by atoms with Crippen LogP contribution in [-0.4, -0.2) is 40.4 Å². The molecule has 1 saturated heterocycles. The Hall–Kier alpha value is -2.95. The number of nitrogens with zero attached hydrogens (tertiary/aromatic N) is 4. The molecule has 1 aliphatic rings. The van der Waals surface area contributed by atoms with E-state index in [4.69, 9.17) is 0 Å². The second-order valence-electron chi connectivity index (χ2n) is 7.28. The van der Waals surface area contributed by atoms with E-state index in [1.54, 1.807) is 6.33 Å². The van der Waals surface area contributed by atoms with Gasteiger partial charge in [-0.1, -0.05) is 30.3 Å². The van der Waals surface area contributed by atoms with Crippen LogP contribution in [0.25, 0.3) is 10.9 Å². The summed E-state index contributed by atoms with van der Waals surface area (Å²) in [6.07, 6.45) is 5.27. The highest BCUT2D eigenvalue weighted by Gasteiger charge is 2.19. The molecule has 1 amide bonds. The molecule has 144 valence electrons. The minimum Gasteiger partial charge on any atom is -0.356 e. The maximum atomic E-state index is 13.2. The summed E-state index contributed by atoms with van der Waals surface area (Å²) in [5, 5.41) is 0.964. The molecule has 0 bridgehead atoms. The first kappa shape index (κ1) is 18.4. The van der Waals surface area contributed by atoms with Gasteiger partial charge in [0.25, 0.3) is 5.91 Å². The number of carbonyl (C=O) groups is 1. The van der Waals surface area contributed by atoms with Crippen molar-refractivity contribution in [1.29, 1.82) is 0 Å². The number of rotatable bonds is 5. The first-order valence-electron chi connectivity index (χ1n) is 10.1. The average Bonchev–Trinajstić information content (AvgIpc) is 2.77. The number of hydrogen-bond acceptors (Lipinski definition) is 4. The lowest BCUT2D eigenvalue weighted by Crippen LogP contribution is -2.31. The molecule has 0 unspecified atom stereocenters. The molecule has 0 N–H and O–H groups in total. The lowest BCUT2D eigenvalue weighted by molar-refractivity contribution is 0.0753. The highest BCUT2D eigenvalue weighted by atomic mass is 16.2. The lowest BCUT2D eigenvalue weighted by Gasteiger charge is -2.28. The zero-order valence-corrected chi connectivity index (χ0v) is 16.3. The summed E-state index contributed by atoms with van der Waals surface area (Å²) < 4.78 is 0. The molecule has 2 aromatic carbocycles. The van der Waals surface area contributed by atoms with Crippen LogP contribution in [0.4, 0.5) is 5.82 Å². The van der Waals surface area contributed by atoms with Crippen LogP contribution in [0, 0.1) is 0 Å². The molecule has 2 heterocycles. The van der Waals surface area contributed by atoms with Gasteiger partial charge in [0.05, 0.1) is 5.52 Å². The molecule has 1 aliphatic heterocycles. The number of anilines is 1. The molecular formula is C23H26N4O. The van der Waals surface area contributed by atoms with E-state index < -0.39 is 0 Å². The van der Waals surface area contributed by atoms with Gasteiger partial charge in [0.2, 0.25) is 0 Å². The zero-order chi connectivity index (χ0) is 19.3. The monoisotopic (exact) mass is 374 g/mol. The number of benzene rings is 2. The zero-order valence-electron chi connectivity index (χ0n) is 16.3. The van der Waals surface area contributed by atoms with E-state index in [1.807, 2.05) is 48.2 Å². The minimum absolute atomic E-state index is 0.0432. The van der Waals surface area contributed by atoms with Crippen LogP contribution in [0.15, 0.2) is 54.9 Å². The van der Waals surface area contributed by atoms with Gasteiger partial charge in [0.15, 0.2) is 0 Å². The Balaban J connectivity index is 1.65. The van der Waals surface area contributed by atoms with E-state index in [2.05, 4.69) is 27.0 Å². The number of aromatic nitrogens is 2. The molecule has 0 saturated carbocycles. The molecule has 28 heavy (non-hydrogen) atoms. The second-order valence-corrected chi connectivity index (χ2v) is 7.28. The quantitative estimate of drug-likeness (QED) is 0.669. The molecule has 1 aromatic heterocycles. The van der Waals surface area contributed by atoms with Gasteiger partial charge in [-0.2, -0.15) is 0 Å². The van der Waals surface area contributed by atoms with E-state index in [0.29, 0.717) is 18.7 Å². The van der Waals surface area contributed by atoms with Crippen LogP contribution < -0.4 is 4.90 Å². The molecule has 1 fully saturated rings. The van der Waals surface area contributed by atoms with Crippen molar-refractivity contribution in [1.82, 2.24) is 14.9 Å². The maximum absolute atomic E-state index is 13.2. The van der Waals surface area contributed by atoms with Crippen LogP contribution >= 0.6 is 0 Å². The standard InChI is InChI=1S/C23H26N4O/c1-2-26(16-18-9-5-3-6-10-18)23(28)19-11-12-21-20(15-19)22(25-17-24-21)27-13-7-4-8-14-27/h3,5-6,9-12,15,17H,2,4,7-8,13-14,16H2,1H3. The number of amides is 1. The van der Waals surface area contributed by atoms with Crippen molar-refractivity contribution < 1.29 is 4.79 Å². The van der Waals surface area contributed by atoms with Crippen molar-refractivity contribution in [3.05, 3.63) is 66.0 Å². The summed E-state index contributed by atoms with van der Waals surface area (Å²) in [4.78, 5) is 26.3. The van der Waals surface area contributed by atoms with E-state index in [-0.39, 0.29) is 5.91 Å². The molecule has 0 spiro atoms. The minimum atomic E-state index is 0.0432. The summed E-state index contributed by atoms with van der Waals surface area (Å²) in [6, 6.07) is 15.9. The molecule has 5 nitrogen and oxygen atoms in total. The first-order valence-corrected chi connectivity index (χ1v) is 10.1. The summed E-state index contributed by atoms with van der Waals surface area (Å²) in [5.41, 5.74) is 2.72. The Morgan fingerprint density at radius 1 is 1.04 bits per heavy atom. The van der Waals surface area contributed by atoms with Crippen LogP contribution in [0.5, 0.6) is 0 Å². The fourth-order valence-electron chi connectivity index (χ4n) is 3.85. The molecule has 5 heteroatoms. The van der Waals surface area contributed by atoms with Crippen molar-refractivity contribution >= 4 is 22.6 Å². The van der Waals surface area contributed by atoms with Crippen molar-refractivity contribution in [3.8, 4) is 0 Å². The first-order chi connectivity index (χ1) is 13.8. The van der Waals surface area contributed by atoms with Gasteiger partial charge in [-0.15, -0.1) is 0 Å². The predicted molar refractivity (Wildman–Crippen MR) is 112 cm³/mol. The van der Waals surface area contributed by atoms with E-state index in [0.717, 1.165) is 35.4 Å². The third-order valence-corrected chi connectivity index (χ3v) is 5.40. The fraction of sp³-hybridized carbons (Fsp3) is 0.348. The van der Waals surface area contributed by atoms with Gasteiger partial charge < -0.3 is 9.80 Å². The van der Waals surface area contributed by atoms with E-state index in [9.17, 15) is 4.79 Å².